The van der Waals surface area contributed by atoms with E-state index in [-0.39, 0.29) is 22.8 Å². The van der Waals surface area contributed by atoms with E-state index in [9.17, 15) is 13.6 Å². The molecule has 1 aliphatic rings. The molecule has 0 bridgehead atoms. The summed E-state index contributed by atoms with van der Waals surface area (Å²) in [6, 6.07) is 15.0. The highest BCUT2D eigenvalue weighted by molar-refractivity contribution is 8.00. The fraction of sp³-hybridized carbons (Fsp3) is 0.409. The Morgan fingerprint density at radius 2 is 1.97 bits per heavy atom. The molecule has 1 fully saturated rings. The monoisotopic (exact) mass is 436 g/mol. The number of methoxy groups -OCH3 is 1. The molecule has 30 heavy (non-hydrogen) atoms. The molecule has 5 nitrogen and oxygen atoms in total. The number of benzene rings is 2. The summed E-state index contributed by atoms with van der Waals surface area (Å²) in [5, 5.41) is -0.168. The first-order chi connectivity index (χ1) is 14.5. The average molecular weight is 437 g/mol. The Balaban J connectivity index is 1.67. The highest BCUT2D eigenvalue weighted by Crippen LogP contribution is 2.41. The van der Waals surface area contributed by atoms with Crippen LogP contribution in [0.3, 0.4) is 0 Å². The van der Waals surface area contributed by atoms with Crippen LogP contribution in [-0.4, -0.2) is 49.9 Å². The Bertz CT molecular complexity index is 838. The summed E-state index contributed by atoms with van der Waals surface area (Å²) < 4.78 is 34.8. The number of nitrogens with zero attached hydrogens (tertiary/aromatic N) is 2. The minimum absolute atomic E-state index is 0.0152. The summed E-state index contributed by atoms with van der Waals surface area (Å²) in [5.41, 5.74) is 2.00. The number of carbonyl (C=O) groups excluding carboxylic acids is 1. The van der Waals surface area contributed by atoms with E-state index in [1.807, 2.05) is 23.1 Å². The molecule has 2 aromatic carbocycles. The van der Waals surface area contributed by atoms with E-state index in [1.165, 1.54) is 24.9 Å². The normalized spacial score (nSPS) is 16.2. The number of halogens is 2. The topological polar surface area (TPSA) is 42.0 Å². The van der Waals surface area contributed by atoms with Crippen LogP contribution in [0.25, 0.3) is 0 Å². The Morgan fingerprint density at radius 3 is 2.63 bits per heavy atom. The Kier molecular flexibility index (Phi) is 7.79. The lowest BCUT2D eigenvalue weighted by Gasteiger charge is -2.27. The molecular formula is C22H26F2N2O3S. The maximum absolute atomic E-state index is 12.6. The summed E-state index contributed by atoms with van der Waals surface area (Å²) in [6.07, 6.45) is 0.829. The predicted molar refractivity (Wildman–Crippen MR) is 115 cm³/mol. The van der Waals surface area contributed by atoms with E-state index >= 15 is 0 Å². The fourth-order valence-electron chi connectivity index (χ4n) is 3.54. The van der Waals surface area contributed by atoms with E-state index < -0.39 is 6.61 Å². The van der Waals surface area contributed by atoms with Crippen molar-refractivity contribution in [3.05, 3.63) is 54.1 Å². The first-order valence-electron chi connectivity index (χ1n) is 9.87. The highest BCUT2D eigenvalue weighted by atomic mass is 32.2. The molecule has 1 heterocycles. The number of thioether (sulfide) groups is 1. The number of alkyl halides is 2. The highest BCUT2D eigenvalue weighted by Gasteiger charge is 2.33. The number of anilines is 1. The van der Waals surface area contributed by atoms with Crippen molar-refractivity contribution in [1.82, 2.24) is 4.90 Å². The van der Waals surface area contributed by atoms with E-state index in [0.29, 0.717) is 12.3 Å². The van der Waals surface area contributed by atoms with Crippen LogP contribution >= 0.6 is 11.8 Å². The van der Waals surface area contributed by atoms with Crippen LogP contribution < -0.4 is 14.4 Å². The molecule has 0 N–H and O–H groups in total. The van der Waals surface area contributed by atoms with Gasteiger partial charge < -0.3 is 19.3 Å². The Morgan fingerprint density at radius 1 is 1.20 bits per heavy atom. The zero-order valence-electron chi connectivity index (χ0n) is 17.1. The molecule has 0 spiro atoms. The van der Waals surface area contributed by atoms with Gasteiger partial charge in [-0.1, -0.05) is 24.3 Å². The van der Waals surface area contributed by atoms with Crippen LogP contribution in [0.2, 0.25) is 0 Å². The number of hydrogen-bond donors (Lipinski definition) is 0. The van der Waals surface area contributed by atoms with Crippen LogP contribution in [0.1, 0.15) is 24.3 Å². The van der Waals surface area contributed by atoms with Crippen molar-refractivity contribution in [2.75, 3.05) is 37.4 Å². The molecule has 162 valence electrons. The van der Waals surface area contributed by atoms with Crippen LogP contribution in [0, 0.1) is 0 Å². The van der Waals surface area contributed by atoms with Crippen molar-refractivity contribution in [3.63, 3.8) is 0 Å². The molecule has 8 heteroatoms. The van der Waals surface area contributed by atoms with Gasteiger partial charge >= 0.3 is 6.61 Å². The summed E-state index contributed by atoms with van der Waals surface area (Å²) >= 11 is 1.53. The van der Waals surface area contributed by atoms with Crippen molar-refractivity contribution in [2.24, 2.45) is 0 Å². The summed E-state index contributed by atoms with van der Waals surface area (Å²) in [7, 11) is 1.41. The summed E-state index contributed by atoms with van der Waals surface area (Å²) in [5.74, 6) is 0.700. The number of hydrogen-bond acceptors (Lipinski definition) is 5. The SMILES string of the molecule is CCN(CCCN1C(=O)CS[C@@H]1c1ccc(OC(F)F)c(OC)c1)c1ccccc1. The molecular weight excluding hydrogens is 410 g/mol. The third-order valence-corrected chi connectivity index (χ3v) is 6.24. The second-order valence-electron chi connectivity index (χ2n) is 6.81. The zero-order valence-corrected chi connectivity index (χ0v) is 17.9. The van der Waals surface area contributed by atoms with Crippen LogP contribution in [0.5, 0.6) is 11.5 Å². The zero-order chi connectivity index (χ0) is 21.5. The standard InChI is InChI=1S/C22H26F2N2O3S/c1-3-25(17-8-5-4-6-9-17)12-7-13-26-20(27)15-30-21(26)16-10-11-18(29-22(23)24)19(14-16)28-2/h4-6,8-11,14,21-22H,3,7,12-13,15H2,1-2H3/t21-/m1/s1. The van der Waals surface area contributed by atoms with Crippen molar-refractivity contribution in [1.29, 1.82) is 0 Å². The van der Waals surface area contributed by atoms with E-state index in [4.69, 9.17) is 4.74 Å². The molecule has 3 rings (SSSR count). The van der Waals surface area contributed by atoms with Crippen molar-refractivity contribution < 1.29 is 23.0 Å². The van der Waals surface area contributed by atoms with Gasteiger partial charge in [-0.25, -0.2) is 0 Å². The van der Waals surface area contributed by atoms with Gasteiger partial charge in [-0.15, -0.1) is 11.8 Å². The van der Waals surface area contributed by atoms with Crippen LogP contribution in [-0.2, 0) is 4.79 Å². The van der Waals surface area contributed by atoms with Crippen molar-refractivity contribution in [2.45, 2.75) is 25.3 Å². The number of amides is 1. The molecule has 1 atom stereocenters. The van der Waals surface area contributed by atoms with Gasteiger partial charge in [-0.05, 0) is 43.2 Å². The Labute approximate surface area is 179 Å². The maximum atomic E-state index is 12.6. The molecule has 2 aromatic rings. The van der Waals surface area contributed by atoms with Gasteiger partial charge in [0.15, 0.2) is 11.5 Å². The molecule has 1 aliphatic heterocycles. The molecule has 0 aliphatic carbocycles. The Hall–Kier alpha value is -2.48. The predicted octanol–water partition coefficient (Wildman–Crippen LogP) is 4.79. The number of carbonyl (C=O) groups is 1. The quantitative estimate of drug-likeness (QED) is 0.536. The van der Waals surface area contributed by atoms with Gasteiger partial charge in [0, 0.05) is 25.3 Å². The minimum Gasteiger partial charge on any atom is -0.493 e. The van der Waals surface area contributed by atoms with Crippen molar-refractivity contribution in [3.8, 4) is 11.5 Å². The van der Waals surface area contributed by atoms with E-state index in [2.05, 4.69) is 28.7 Å². The average Bonchev–Trinajstić information content (AvgIpc) is 3.12. The van der Waals surface area contributed by atoms with Crippen molar-refractivity contribution >= 4 is 23.4 Å². The second-order valence-corrected chi connectivity index (χ2v) is 7.88. The third kappa shape index (κ3) is 5.36. The molecule has 0 aromatic heterocycles. The number of rotatable bonds is 10. The lowest BCUT2D eigenvalue weighted by Crippen LogP contribution is -2.32. The first-order valence-corrected chi connectivity index (χ1v) is 10.9. The molecule has 1 saturated heterocycles. The number of para-hydroxylation sites is 1. The van der Waals surface area contributed by atoms with Gasteiger partial charge in [-0.3, -0.25) is 4.79 Å². The fourth-order valence-corrected chi connectivity index (χ4v) is 4.75. The summed E-state index contributed by atoms with van der Waals surface area (Å²) in [6.45, 7) is 1.54. The smallest absolute Gasteiger partial charge is 0.387 e. The first kappa shape index (κ1) is 22.2. The third-order valence-electron chi connectivity index (χ3n) is 4.99. The summed E-state index contributed by atoms with van der Waals surface area (Å²) in [4.78, 5) is 16.6. The lowest BCUT2D eigenvalue weighted by molar-refractivity contribution is -0.128. The van der Waals surface area contributed by atoms with Gasteiger partial charge in [0.1, 0.15) is 5.37 Å². The van der Waals surface area contributed by atoms with Crippen LogP contribution in [0.4, 0.5) is 14.5 Å². The van der Waals surface area contributed by atoms with Gasteiger partial charge in [0.25, 0.3) is 0 Å². The molecule has 0 unspecified atom stereocenters. The lowest BCUT2D eigenvalue weighted by atomic mass is 10.1. The molecule has 1 amide bonds. The van der Waals surface area contributed by atoms with Gasteiger partial charge in [0.05, 0.1) is 12.9 Å². The molecule has 0 radical (unpaired) electrons. The van der Waals surface area contributed by atoms with Gasteiger partial charge in [-0.2, -0.15) is 8.78 Å². The van der Waals surface area contributed by atoms with Gasteiger partial charge in [0.2, 0.25) is 5.91 Å². The minimum atomic E-state index is -2.92. The maximum Gasteiger partial charge on any atom is 0.387 e. The molecule has 0 saturated carbocycles. The van der Waals surface area contributed by atoms with E-state index in [0.717, 1.165) is 30.8 Å². The largest absolute Gasteiger partial charge is 0.493 e. The number of ether oxygens (including phenoxy) is 2. The second kappa shape index (κ2) is 10.5. The van der Waals surface area contributed by atoms with E-state index in [1.54, 1.807) is 12.1 Å². The van der Waals surface area contributed by atoms with Crippen LogP contribution in [0.15, 0.2) is 48.5 Å².